The number of para-hydroxylation sites is 1. The Hall–Kier alpha value is -3.88. The van der Waals surface area contributed by atoms with Crippen molar-refractivity contribution < 1.29 is 19.1 Å². The molecular formula is C26H22ClN3O4S. The molecule has 7 nitrogen and oxygen atoms in total. The van der Waals surface area contributed by atoms with Crippen LogP contribution in [0.15, 0.2) is 77.9 Å². The number of amides is 2. The second kappa shape index (κ2) is 11.5. The molecule has 2 N–H and O–H groups in total. The first-order valence-electron chi connectivity index (χ1n) is 10.7. The number of methoxy groups -OCH3 is 1. The summed E-state index contributed by atoms with van der Waals surface area (Å²) >= 11 is 7.60. The molecule has 0 aliphatic heterocycles. The molecule has 3 aromatic carbocycles. The molecule has 1 aromatic heterocycles. The monoisotopic (exact) mass is 507 g/mol. The molecule has 4 rings (SSSR count). The van der Waals surface area contributed by atoms with Crippen LogP contribution in [0.4, 0.5) is 0 Å². The lowest BCUT2D eigenvalue weighted by Crippen LogP contribution is -2.34. The smallest absolute Gasteiger partial charge is 0.263 e. The number of rotatable bonds is 9. The summed E-state index contributed by atoms with van der Waals surface area (Å²) in [5, 5.41) is 7.76. The van der Waals surface area contributed by atoms with Crippen LogP contribution in [0.2, 0.25) is 5.02 Å². The zero-order chi connectivity index (χ0) is 24.6. The molecular weight excluding hydrogens is 486 g/mol. The summed E-state index contributed by atoms with van der Waals surface area (Å²) < 4.78 is 12.1. The molecule has 0 spiro atoms. The van der Waals surface area contributed by atoms with Crippen molar-refractivity contribution in [2.45, 2.75) is 6.61 Å². The Balaban J connectivity index is 1.30. The number of nitrogens with one attached hydrogen (secondary N) is 2. The molecule has 178 valence electrons. The van der Waals surface area contributed by atoms with Gasteiger partial charge in [-0.1, -0.05) is 54.1 Å². The Morgan fingerprint density at radius 3 is 2.69 bits per heavy atom. The van der Waals surface area contributed by atoms with E-state index in [0.717, 1.165) is 21.4 Å². The molecule has 0 aliphatic carbocycles. The zero-order valence-electron chi connectivity index (χ0n) is 18.8. The van der Waals surface area contributed by atoms with E-state index in [1.807, 2.05) is 72.8 Å². The van der Waals surface area contributed by atoms with E-state index in [1.54, 1.807) is 7.11 Å². The molecule has 0 radical (unpaired) electrons. The van der Waals surface area contributed by atoms with E-state index in [1.165, 1.54) is 17.6 Å². The van der Waals surface area contributed by atoms with Gasteiger partial charge in [0.1, 0.15) is 23.0 Å². The summed E-state index contributed by atoms with van der Waals surface area (Å²) in [5.41, 5.74) is 4.06. The van der Waals surface area contributed by atoms with E-state index in [2.05, 4.69) is 15.8 Å². The molecule has 0 saturated carbocycles. The van der Waals surface area contributed by atoms with Crippen LogP contribution in [0.5, 0.6) is 11.5 Å². The Kier molecular flexibility index (Phi) is 7.97. The van der Waals surface area contributed by atoms with Crippen molar-refractivity contribution in [3.8, 4) is 11.5 Å². The Bertz CT molecular complexity index is 1390. The van der Waals surface area contributed by atoms with E-state index >= 15 is 0 Å². The van der Waals surface area contributed by atoms with Gasteiger partial charge in [0.05, 0.1) is 24.9 Å². The molecule has 0 saturated heterocycles. The average molecular weight is 508 g/mol. The van der Waals surface area contributed by atoms with Crippen LogP contribution in [-0.2, 0) is 11.4 Å². The molecule has 2 amide bonds. The molecule has 0 atom stereocenters. The zero-order valence-corrected chi connectivity index (χ0v) is 20.4. The number of benzene rings is 3. The number of carbonyl (C=O) groups is 2. The highest BCUT2D eigenvalue weighted by molar-refractivity contribution is 7.21. The lowest BCUT2D eigenvalue weighted by Gasteiger charge is -2.10. The van der Waals surface area contributed by atoms with Crippen LogP contribution in [0, 0.1) is 0 Å². The Morgan fingerprint density at radius 1 is 1.06 bits per heavy atom. The first-order chi connectivity index (χ1) is 17.0. The third kappa shape index (κ3) is 6.17. The van der Waals surface area contributed by atoms with Crippen LogP contribution >= 0.6 is 22.9 Å². The van der Waals surface area contributed by atoms with E-state index in [-0.39, 0.29) is 6.54 Å². The van der Waals surface area contributed by atoms with E-state index in [0.29, 0.717) is 27.8 Å². The maximum atomic E-state index is 12.5. The summed E-state index contributed by atoms with van der Waals surface area (Å²) in [4.78, 5) is 25.0. The van der Waals surface area contributed by atoms with Gasteiger partial charge in [-0.25, -0.2) is 5.43 Å². The molecule has 9 heteroatoms. The summed E-state index contributed by atoms with van der Waals surface area (Å²) in [7, 11) is 1.62. The van der Waals surface area contributed by atoms with Crippen molar-refractivity contribution in [2.75, 3.05) is 13.7 Å². The molecule has 0 aliphatic rings. The number of hydrazone groups is 1. The average Bonchev–Trinajstić information content (AvgIpc) is 3.23. The number of halogens is 1. The number of ether oxygens (including phenoxy) is 2. The summed E-state index contributed by atoms with van der Waals surface area (Å²) in [6.45, 7) is 0.107. The second-order valence-electron chi connectivity index (χ2n) is 7.40. The predicted molar refractivity (Wildman–Crippen MR) is 139 cm³/mol. The van der Waals surface area contributed by atoms with Crippen LogP contribution in [0.25, 0.3) is 10.1 Å². The van der Waals surface area contributed by atoms with Gasteiger partial charge >= 0.3 is 0 Å². The van der Waals surface area contributed by atoms with E-state index < -0.39 is 11.8 Å². The highest BCUT2D eigenvalue weighted by Gasteiger charge is 2.17. The predicted octanol–water partition coefficient (Wildman–Crippen LogP) is 5.02. The topological polar surface area (TPSA) is 89.0 Å². The number of fused-ring (bicyclic) bond motifs is 1. The van der Waals surface area contributed by atoms with Crippen LogP contribution in [0.3, 0.4) is 0 Å². The lowest BCUT2D eigenvalue weighted by atomic mass is 10.2. The third-order valence-electron chi connectivity index (χ3n) is 4.99. The minimum absolute atomic E-state index is 0.241. The van der Waals surface area contributed by atoms with Crippen LogP contribution < -0.4 is 20.2 Å². The van der Waals surface area contributed by atoms with Gasteiger partial charge in [-0.3, -0.25) is 9.59 Å². The standard InChI is InChI=1S/C26H22ClN3O4S/c1-33-19-9-6-7-17(13-19)16-34-21-11-4-2-8-18(21)14-29-30-23(31)15-28-26(32)25-24(27)20-10-3-5-12-22(20)35-25/h2-14H,15-16H2,1H3,(H,28,32)(H,30,31)/b29-14+. The minimum atomic E-state index is -0.471. The van der Waals surface area contributed by atoms with Crippen molar-refractivity contribution in [2.24, 2.45) is 5.10 Å². The molecule has 0 fully saturated rings. The third-order valence-corrected chi connectivity index (χ3v) is 6.67. The van der Waals surface area contributed by atoms with Gasteiger partial charge in [0.25, 0.3) is 11.8 Å². The van der Waals surface area contributed by atoms with Crippen molar-refractivity contribution >= 4 is 51.1 Å². The first kappa shape index (κ1) is 24.3. The SMILES string of the molecule is COc1cccc(COc2ccccc2/C=N/NC(=O)CNC(=O)c2sc3ccccc3c2Cl)c1. The normalized spacial score (nSPS) is 10.9. The maximum Gasteiger partial charge on any atom is 0.263 e. The van der Waals surface area contributed by atoms with Crippen LogP contribution in [-0.4, -0.2) is 31.7 Å². The van der Waals surface area contributed by atoms with Crippen molar-refractivity contribution in [1.29, 1.82) is 0 Å². The molecule has 1 heterocycles. The van der Waals surface area contributed by atoms with Crippen LogP contribution in [0.1, 0.15) is 20.8 Å². The second-order valence-corrected chi connectivity index (χ2v) is 8.83. The fourth-order valence-corrected chi connectivity index (χ4v) is 4.69. The first-order valence-corrected chi connectivity index (χ1v) is 11.9. The van der Waals surface area contributed by atoms with Gasteiger partial charge in [-0.2, -0.15) is 5.10 Å². The fraction of sp³-hybridized carbons (Fsp3) is 0.115. The maximum absolute atomic E-state index is 12.5. The van der Waals surface area contributed by atoms with E-state index in [4.69, 9.17) is 21.1 Å². The highest BCUT2D eigenvalue weighted by Crippen LogP contribution is 2.34. The lowest BCUT2D eigenvalue weighted by molar-refractivity contribution is -0.120. The molecule has 0 unspecified atom stereocenters. The summed E-state index contributed by atoms with van der Waals surface area (Å²) in [6, 6.07) is 22.4. The molecule has 0 bridgehead atoms. The quantitative estimate of drug-likeness (QED) is 0.246. The van der Waals surface area contributed by atoms with E-state index in [9.17, 15) is 9.59 Å². The van der Waals surface area contributed by atoms with Gasteiger partial charge in [0, 0.05) is 15.6 Å². The van der Waals surface area contributed by atoms with Crippen molar-refractivity contribution in [3.63, 3.8) is 0 Å². The summed E-state index contributed by atoms with van der Waals surface area (Å²) in [6.07, 6.45) is 1.49. The molecule has 4 aromatic rings. The minimum Gasteiger partial charge on any atom is -0.497 e. The number of hydrogen-bond acceptors (Lipinski definition) is 6. The van der Waals surface area contributed by atoms with Gasteiger partial charge in [-0.15, -0.1) is 11.3 Å². The van der Waals surface area contributed by atoms with Crippen molar-refractivity contribution in [1.82, 2.24) is 10.7 Å². The molecule has 35 heavy (non-hydrogen) atoms. The Morgan fingerprint density at radius 2 is 1.86 bits per heavy atom. The van der Waals surface area contributed by atoms with Gasteiger partial charge < -0.3 is 14.8 Å². The Labute approximate surface area is 211 Å². The van der Waals surface area contributed by atoms with Gasteiger partial charge in [0.15, 0.2) is 0 Å². The number of nitrogens with zero attached hydrogens (tertiary/aromatic N) is 1. The summed E-state index contributed by atoms with van der Waals surface area (Å²) in [5.74, 6) is 0.486. The largest absolute Gasteiger partial charge is 0.497 e. The number of carbonyl (C=O) groups excluding carboxylic acids is 2. The number of hydrogen-bond donors (Lipinski definition) is 2. The van der Waals surface area contributed by atoms with Gasteiger partial charge in [-0.05, 0) is 35.9 Å². The van der Waals surface area contributed by atoms with Crippen molar-refractivity contribution in [3.05, 3.63) is 93.8 Å². The number of thiophene rings is 1. The van der Waals surface area contributed by atoms with Gasteiger partial charge in [0.2, 0.25) is 0 Å². The fourth-order valence-electron chi connectivity index (χ4n) is 3.26. The highest BCUT2D eigenvalue weighted by atomic mass is 35.5.